The van der Waals surface area contributed by atoms with Crippen molar-refractivity contribution in [2.24, 2.45) is 0 Å². The SMILES string of the molecule is O=C(Nc1cccc2ccccc12)c1cc2sccc2n1Cc1ccccc1. The van der Waals surface area contributed by atoms with Crippen LogP contribution in [0, 0.1) is 0 Å². The Hall–Kier alpha value is -3.37. The van der Waals surface area contributed by atoms with Gasteiger partial charge < -0.3 is 9.88 Å². The molecule has 3 aromatic carbocycles. The van der Waals surface area contributed by atoms with Gasteiger partial charge in [0.1, 0.15) is 5.69 Å². The highest BCUT2D eigenvalue weighted by atomic mass is 32.1. The minimum Gasteiger partial charge on any atom is -0.331 e. The van der Waals surface area contributed by atoms with Gasteiger partial charge >= 0.3 is 0 Å². The first-order chi connectivity index (χ1) is 13.8. The van der Waals surface area contributed by atoms with Crippen LogP contribution >= 0.6 is 11.3 Å². The van der Waals surface area contributed by atoms with Gasteiger partial charge in [-0.25, -0.2) is 0 Å². The number of carbonyl (C=O) groups is 1. The molecular weight excluding hydrogens is 364 g/mol. The second-order valence-corrected chi connectivity index (χ2v) is 7.70. The standard InChI is InChI=1S/C24H18N2OS/c27-24(25-20-12-6-10-18-9-4-5-11-19(18)20)22-15-23-21(13-14-28-23)26(22)16-17-7-2-1-3-8-17/h1-15H,16H2,(H,25,27). The van der Waals surface area contributed by atoms with E-state index in [-0.39, 0.29) is 5.91 Å². The summed E-state index contributed by atoms with van der Waals surface area (Å²) >= 11 is 1.66. The second kappa shape index (κ2) is 6.98. The van der Waals surface area contributed by atoms with E-state index in [4.69, 9.17) is 0 Å². The van der Waals surface area contributed by atoms with Crippen LogP contribution in [0.5, 0.6) is 0 Å². The lowest BCUT2D eigenvalue weighted by molar-refractivity contribution is 0.101. The van der Waals surface area contributed by atoms with Crippen LogP contribution in [-0.2, 0) is 6.54 Å². The molecule has 5 rings (SSSR count). The van der Waals surface area contributed by atoms with Gasteiger partial charge in [0.05, 0.1) is 10.2 Å². The molecule has 0 fully saturated rings. The summed E-state index contributed by atoms with van der Waals surface area (Å²) in [6, 6.07) is 28.4. The predicted molar refractivity (Wildman–Crippen MR) is 117 cm³/mol. The van der Waals surface area contributed by atoms with Gasteiger partial charge in [-0.15, -0.1) is 11.3 Å². The molecule has 5 aromatic rings. The van der Waals surface area contributed by atoms with Gasteiger partial charge in [-0.3, -0.25) is 4.79 Å². The first kappa shape index (κ1) is 16.8. The molecule has 4 heteroatoms. The highest BCUT2D eigenvalue weighted by Crippen LogP contribution is 2.28. The third-order valence-corrected chi connectivity index (χ3v) is 5.83. The third-order valence-electron chi connectivity index (χ3n) is 4.98. The molecule has 28 heavy (non-hydrogen) atoms. The Morgan fingerprint density at radius 2 is 1.68 bits per heavy atom. The van der Waals surface area contributed by atoms with Gasteiger partial charge in [-0.1, -0.05) is 66.7 Å². The Bertz CT molecular complexity index is 1280. The highest BCUT2D eigenvalue weighted by Gasteiger charge is 2.17. The summed E-state index contributed by atoms with van der Waals surface area (Å²) in [6.07, 6.45) is 0. The first-order valence-electron chi connectivity index (χ1n) is 9.19. The largest absolute Gasteiger partial charge is 0.331 e. The number of hydrogen-bond acceptors (Lipinski definition) is 2. The fourth-order valence-corrected chi connectivity index (χ4v) is 4.44. The van der Waals surface area contributed by atoms with Gasteiger partial charge in [0.15, 0.2) is 0 Å². The summed E-state index contributed by atoms with van der Waals surface area (Å²) in [5, 5.41) is 7.35. The van der Waals surface area contributed by atoms with Crippen LogP contribution in [0.1, 0.15) is 16.1 Å². The van der Waals surface area contributed by atoms with E-state index in [9.17, 15) is 4.79 Å². The van der Waals surface area contributed by atoms with Gasteiger partial charge in [-0.05, 0) is 34.5 Å². The molecule has 0 unspecified atom stereocenters. The van der Waals surface area contributed by atoms with Crippen molar-refractivity contribution in [3.8, 4) is 0 Å². The maximum atomic E-state index is 13.2. The van der Waals surface area contributed by atoms with Crippen LogP contribution in [0.3, 0.4) is 0 Å². The van der Waals surface area contributed by atoms with Crippen molar-refractivity contribution in [3.05, 3.63) is 102 Å². The molecule has 0 saturated carbocycles. The molecule has 2 aromatic heterocycles. The van der Waals surface area contributed by atoms with Crippen molar-refractivity contribution < 1.29 is 4.79 Å². The van der Waals surface area contributed by atoms with Gasteiger partial charge in [-0.2, -0.15) is 0 Å². The Balaban J connectivity index is 1.54. The van der Waals surface area contributed by atoms with Crippen LogP contribution in [0.25, 0.3) is 21.0 Å². The number of carbonyl (C=O) groups excluding carboxylic acids is 1. The molecule has 136 valence electrons. The number of fused-ring (bicyclic) bond motifs is 2. The minimum atomic E-state index is -0.0873. The molecule has 0 radical (unpaired) electrons. The van der Waals surface area contributed by atoms with Gasteiger partial charge in [0.25, 0.3) is 5.91 Å². The summed E-state index contributed by atoms with van der Waals surface area (Å²) in [6.45, 7) is 0.666. The number of amides is 1. The van der Waals surface area contributed by atoms with Crippen molar-refractivity contribution >= 4 is 43.9 Å². The van der Waals surface area contributed by atoms with E-state index in [0.29, 0.717) is 12.2 Å². The maximum absolute atomic E-state index is 13.2. The molecule has 1 amide bonds. The highest BCUT2D eigenvalue weighted by molar-refractivity contribution is 7.17. The van der Waals surface area contributed by atoms with Crippen molar-refractivity contribution in [2.45, 2.75) is 6.54 Å². The molecule has 0 spiro atoms. The Labute approximate surface area is 166 Å². The number of rotatable bonds is 4. The van der Waals surface area contributed by atoms with Crippen LogP contribution < -0.4 is 5.32 Å². The lowest BCUT2D eigenvalue weighted by atomic mass is 10.1. The molecular formula is C24H18N2OS. The average molecular weight is 382 g/mol. The van der Waals surface area contributed by atoms with E-state index in [1.54, 1.807) is 11.3 Å². The number of nitrogens with zero attached hydrogens (tertiary/aromatic N) is 1. The average Bonchev–Trinajstić information content (AvgIpc) is 3.32. The van der Waals surface area contributed by atoms with Crippen molar-refractivity contribution in [2.75, 3.05) is 5.32 Å². The normalized spacial score (nSPS) is 11.1. The van der Waals surface area contributed by atoms with Gasteiger partial charge in [0.2, 0.25) is 0 Å². The Morgan fingerprint density at radius 3 is 2.57 bits per heavy atom. The predicted octanol–water partition coefficient (Wildman–Crippen LogP) is 6.16. The fourth-order valence-electron chi connectivity index (χ4n) is 3.62. The molecule has 0 aliphatic rings. The second-order valence-electron chi connectivity index (χ2n) is 6.75. The van der Waals surface area contributed by atoms with E-state index >= 15 is 0 Å². The zero-order chi connectivity index (χ0) is 18.9. The van der Waals surface area contributed by atoms with E-state index in [1.807, 2.05) is 54.6 Å². The lowest BCUT2D eigenvalue weighted by Crippen LogP contribution is -2.17. The topological polar surface area (TPSA) is 34.0 Å². The third kappa shape index (κ3) is 2.98. The lowest BCUT2D eigenvalue weighted by Gasteiger charge is -2.12. The minimum absolute atomic E-state index is 0.0873. The number of aromatic nitrogens is 1. The number of benzene rings is 3. The summed E-state index contributed by atoms with van der Waals surface area (Å²) in [7, 11) is 0. The quantitative estimate of drug-likeness (QED) is 0.397. The Kier molecular flexibility index (Phi) is 4.18. The summed E-state index contributed by atoms with van der Waals surface area (Å²) in [5.41, 5.74) is 3.78. The summed E-state index contributed by atoms with van der Waals surface area (Å²) < 4.78 is 3.22. The molecule has 0 atom stereocenters. The fraction of sp³-hybridized carbons (Fsp3) is 0.0417. The van der Waals surface area contributed by atoms with Crippen molar-refractivity contribution in [1.29, 1.82) is 0 Å². The molecule has 1 N–H and O–H groups in total. The molecule has 3 nitrogen and oxygen atoms in total. The molecule has 0 aliphatic carbocycles. The monoisotopic (exact) mass is 382 g/mol. The number of nitrogens with one attached hydrogen (secondary N) is 1. The molecule has 0 bridgehead atoms. The zero-order valence-electron chi connectivity index (χ0n) is 15.1. The van der Waals surface area contributed by atoms with Gasteiger partial charge in [0, 0.05) is 17.6 Å². The first-order valence-corrected chi connectivity index (χ1v) is 10.1. The molecule has 0 saturated heterocycles. The smallest absolute Gasteiger partial charge is 0.272 e. The maximum Gasteiger partial charge on any atom is 0.272 e. The van der Waals surface area contributed by atoms with Crippen LogP contribution in [-0.4, -0.2) is 10.5 Å². The Morgan fingerprint density at radius 1 is 0.893 bits per heavy atom. The van der Waals surface area contributed by atoms with Crippen molar-refractivity contribution in [3.63, 3.8) is 0 Å². The summed E-state index contributed by atoms with van der Waals surface area (Å²) in [5.74, 6) is -0.0873. The van der Waals surface area contributed by atoms with Crippen molar-refractivity contribution in [1.82, 2.24) is 4.57 Å². The zero-order valence-corrected chi connectivity index (χ0v) is 15.9. The van der Waals surface area contributed by atoms with E-state index in [1.165, 1.54) is 5.56 Å². The van der Waals surface area contributed by atoms with Crippen LogP contribution in [0.2, 0.25) is 0 Å². The number of anilines is 1. The number of thiophene rings is 1. The van der Waals surface area contributed by atoms with E-state index in [0.717, 1.165) is 26.7 Å². The molecule has 0 aliphatic heterocycles. The van der Waals surface area contributed by atoms with Crippen LogP contribution in [0.4, 0.5) is 5.69 Å². The van der Waals surface area contributed by atoms with Crippen LogP contribution in [0.15, 0.2) is 90.3 Å². The summed E-state index contributed by atoms with van der Waals surface area (Å²) in [4.78, 5) is 13.2. The van der Waals surface area contributed by atoms with E-state index in [2.05, 4.69) is 45.6 Å². The number of hydrogen-bond donors (Lipinski definition) is 1. The van der Waals surface area contributed by atoms with E-state index < -0.39 is 0 Å². The molecule has 2 heterocycles.